The first kappa shape index (κ1) is 40.5. The summed E-state index contributed by atoms with van der Waals surface area (Å²) in [6.07, 6.45) is 19.7. The van der Waals surface area contributed by atoms with Gasteiger partial charge in [0.1, 0.15) is 0 Å². The second-order valence-corrected chi connectivity index (χ2v) is 21.0. The lowest BCUT2D eigenvalue weighted by Crippen LogP contribution is -2.21. The molecule has 1 fully saturated rings. The van der Waals surface area contributed by atoms with Crippen molar-refractivity contribution >= 4 is 21.5 Å². The lowest BCUT2D eigenvalue weighted by molar-refractivity contribution is 0.549. The topological polar surface area (TPSA) is 0 Å². The van der Waals surface area contributed by atoms with E-state index < -0.39 is 0 Å². The summed E-state index contributed by atoms with van der Waals surface area (Å²) in [7, 11) is 0. The van der Waals surface area contributed by atoms with Crippen LogP contribution >= 0.6 is 0 Å². The van der Waals surface area contributed by atoms with Gasteiger partial charge in [-0.3, -0.25) is 0 Å². The molecule has 0 heterocycles. The fourth-order valence-electron chi connectivity index (χ4n) is 13.2. The highest BCUT2D eigenvalue weighted by atomic mass is 14.5. The van der Waals surface area contributed by atoms with E-state index in [9.17, 15) is 0 Å². The van der Waals surface area contributed by atoms with Gasteiger partial charge < -0.3 is 0 Å². The van der Waals surface area contributed by atoms with Crippen LogP contribution in [0.5, 0.6) is 0 Å². The van der Waals surface area contributed by atoms with Crippen molar-refractivity contribution in [3.63, 3.8) is 0 Å². The third kappa shape index (κ3) is 6.56. The summed E-state index contributed by atoms with van der Waals surface area (Å²) in [6, 6.07) is 69.5. The van der Waals surface area contributed by atoms with Gasteiger partial charge in [0.2, 0.25) is 0 Å². The SMILES string of the molecule is CC1(C)c2cc(-c3ccccc3)ccc2-c2ccc(C(CCc3ccc(-c4ccc(-c5cc6ccccc6c6c5C5CC5c5ccc7ccccc7c5-6)cc4)cc3)C3=CC=CC4C=CC=CC34)cc21. The monoisotopic (exact) mass is 882 g/mol. The van der Waals surface area contributed by atoms with Crippen LogP contribution < -0.4 is 0 Å². The van der Waals surface area contributed by atoms with E-state index >= 15 is 0 Å². The second kappa shape index (κ2) is 15.8. The summed E-state index contributed by atoms with van der Waals surface area (Å²) in [4.78, 5) is 0. The van der Waals surface area contributed by atoms with Gasteiger partial charge in [-0.05, 0) is 154 Å². The van der Waals surface area contributed by atoms with E-state index in [-0.39, 0.29) is 5.41 Å². The Hall–Kier alpha value is -7.54. The molecule has 5 unspecified atom stereocenters. The molecule has 0 N–H and O–H groups in total. The Balaban J connectivity index is 0.761. The molecule has 330 valence electrons. The number of benzene rings is 9. The molecule has 0 amide bonds. The third-order valence-electron chi connectivity index (χ3n) is 16.9. The lowest BCUT2D eigenvalue weighted by Gasteiger charge is -2.33. The summed E-state index contributed by atoms with van der Waals surface area (Å²) < 4.78 is 0. The van der Waals surface area contributed by atoms with E-state index in [1.54, 1.807) is 5.56 Å². The quantitative estimate of drug-likeness (QED) is 0.143. The predicted molar refractivity (Wildman–Crippen MR) is 291 cm³/mol. The van der Waals surface area contributed by atoms with Crippen molar-refractivity contribution in [3.05, 3.63) is 263 Å². The first-order chi connectivity index (χ1) is 34.0. The average molecular weight is 883 g/mol. The van der Waals surface area contributed by atoms with Crippen LogP contribution in [0.4, 0.5) is 0 Å². The van der Waals surface area contributed by atoms with Crippen molar-refractivity contribution < 1.29 is 0 Å². The maximum atomic E-state index is 2.57. The van der Waals surface area contributed by atoms with E-state index in [1.807, 2.05) is 0 Å². The summed E-state index contributed by atoms with van der Waals surface area (Å²) in [5, 5.41) is 5.40. The lowest BCUT2D eigenvalue weighted by atomic mass is 9.71. The van der Waals surface area contributed by atoms with Gasteiger partial charge in [-0.2, -0.15) is 0 Å². The molecule has 9 aromatic rings. The van der Waals surface area contributed by atoms with Gasteiger partial charge in [0.05, 0.1) is 0 Å². The zero-order chi connectivity index (χ0) is 45.8. The molecule has 5 aliphatic rings. The average Bonchev–Trinajstić information content (AvgIpc) is 4.19. The molecule has 0 aromatic heterocycles. The number of fused-ring (bicyclic) bond motifs is 14. The minimum atomic E-state index is -0.0996. The summed E-state index contributed by atoms with van der Waals surface area (Å²) in [5.41, 5.74) is 23.7. The molecule has 0 bridgehead atoms. The Morgan fingerprint density at radius 2 is 1.13 bits per heavy atom. The van der Waals surface area contributed by atoms with Crippen LogP contribution in [0, 0.1) is 11.8 Å². The number of hydrogen-bond donors (Lipinski definition) is 0. The fourth-order valence-corrected chi connectivity index (χ4v) is 13.2. The summed E-state index contributed by atoms with van der Waals surface area (Å²) >= 11 is 0. The van der Waals surface area contributed by atoms with Crippen molar-refractivity contribution in [3.8, 4) is 55.6 Å². The fraction of sp³-hybridized carbons (Fsp3) is 0.159. The van der Waals surface area contributed by atoms with Gasteiger partial charge >= 0.3 is 0 Å². The van der Waals surface area contributed by atoms with Crippen LogP contribution in [0.2, 0.25) is 0 Å². The normalized spacial score (nSPS) is 20.1. The highest BCUT2D eigenvalue weighted by Crippen LogP contribution is 2.66. The van der Waals surface area contributed by atoms with Crippen molar-refractivity contribution in [2.24, 2.45) is 11.8 Å². The molecule has 0 saturated heterocycles. The molecule has 5 aliphatic carbocycles. The van der Waals surface area contributed by atoms with Gasteiger partial charge in [0.15, 0.2) is 0 Å². The highest BCUT2D eigenvalue weighted by Gasteiger charge is 2.48. The third-order valence-corrected chi connectivity index (χ3v) is 16.9. The molecule has 9 aromatic carbocycles. The maximum absolute atomic E-state index is 2.57. The molecule has 5 atom stereocenters. The van der Waals surface area contributed by atoms with E-state index in [2.05, 4.69) is 238 Å². The summed E-state index contributed by atoms with van der Waals surface area (Å²) in [6.45, 7) is 4.85. The minimum Gasteiger partial charge on any atom is -0.0767 e. The molecule has 0 spiro atoms. The van der Waals surface area contributed by atoms with Crippen molar-refractivity contribution in [2.75, 3.05) is 0 Å². The smallest absolute Gasteiger partial charge is 0.0159 e. The molecular formula is C69H54. The van der Waals surface area contributed by atoms with Crippen molar-refractivity contribution in [2.45, 2.75) is 56.3 Å². The minimum absolute atomic E-state index is 0.0996. The Kier molecular flexibility index (Phi) is 9.26. The van der Waals surface area contributed by atoms with E-state index in [0.29, 0.717) is 29.6 Å². The Morgan fingerprint density at radius 1 is 0.493 bits per heavy atom. The van der Waals surface area contributed by atoms with Crippen LogP contribution in [0.15, 0.2) is 230 Å². The van der Waals surface area contributed by atoms with Crippen LogP contribution in [0.1, 0.15) is 77.8 Å². The molecule has 0 heteroatoms. The zero-order valence-corrected chi connectivity index (χ0v) is 39.4. The van der Waals surface area contributed by atoms with Crippen LogP contribution in [-0.4, -0.2) is 0 Å². The Morgan fingerprint density at radius 3 is 1.94 bits per heavy atom. The standard InChI is InChI=1S/C69H54/c1-69(2)64-40-50(44-13-4-3-5-14-44)33-36-58(64)59-37-34-52(41-65(59)69)54(57-22-12-18-47-15-6-9-19-53(47)57)35-25-43-23-26-45(27-24-43)46-28-30-49(31-29-46)61-39-51-17-8-11-21-56(51)68-66-55-20-10-7-16-48(55)32-38-60(66)62-42-63(62)67(61)68/h3-24,26-34,36-41,47,53-54,62-63H,25,35,42H2,1-2H3. The van der Waals surface area contributed by atoms with Crippen LogP contribution in [0.3, 0.4) is 0 Å². The molecule has 0 nitrogen and oxygen atoms in total. The van der Waals surface area contributed by atoms with Gasteiger partial charge in [-0.1, -0.05) is 232 Å². The molecule has 14 rings (SSSR count). The second-order valence-electron chi connectivity index (χ2n) is 21.0. The van der Waals surface area contributed by atoms with Crippen molar-refractivity contribution in [1.82, 2.24) is 0 Å². The Bertz CT molecular complexity index is 3670. The zero-order valence-electron chi connectivity index (χ0n) is 39.4. The first-order valence-corrected chi connectivity index (χ1v) is 25.3. The van der Waals surface area contributed by atoms with Crippen LogP contribution in [-0.2, 0) is 11.8 Å². The van der Waals surface area contributed by atoms with Gasteiger partial charge in [0.25, 0.3) is 0 Å². The van der Waals surface area contributed by atoms with E-state index in [0.717, 1.165) is 12.8 Å². The Labute approximate surface area is 406 Å². The number of aryl methyl sites for hydroxylation is 1. The largest absolute Gasteiger partial charge is 0.0767 e. The highest BCUT2D eigenvalue weighted by molar-refractivity contribution is 6.12. The number of hydrogen-bond acceptors (Lipinski definition) is 0. The van der Waals surface area contributed by atoms with Gasteiger partial charge in [0, 0.05) is 23.2 Å². The molecular weight excluding hydrogens is 829 g/mol. The van der Waals surface area contributed by atoms with Crippen LogP contribution in [0.25, 0.3) is 77.2 Å². The predicted octanol–water partition coefficient (Wildman–Crippen LogP) is 18.1. The van der Waals surface area contributed by atoms with Crippen molar-refractivity contribution in [1.29, 1.82) is 0 Å². The van der Waals surface area contributed by atoms with Gasteiger partial charge in [-0.15, -0.1) is 0 Å². The number of rotatable bonds is 8. The molecule has 0 aliphatic heterocycles. The van der Waals surface area contributed by atoms with E-state index in [4.69, 9.17) is 0 Å². The van der Waals surface area contributed by atoms with E-state index in [1.165, 1.54) is 117 Å². The maximum Gasteiger partial charge on any atom is 0.0159 e. The molecule has 1 saturated carbocycles. The molecule has 0 radical (unpaired) electrons. The number of allylic oxidation sites excluding steroid dienone is 8. The summed E-state index contributed by atoms with van der Waals surface area (Å²) in [5.74, 6) is 2.26. The van der Waals surface area contributed by atoms with Gasteiger partial charge in [-0.25, -0.2) is 0 Å². The first-order valence-electron chi connectivity index (χ1n) is 25.3. The molecule has 69 heavy (non-hydrogen) atoms.